The number of benzene rings is 2. The van der Waals surface area contributed by atoms with Gasteiger partial charge in [-0.15, -0.1) is 11.3 Å². The SMILES string of the molecule is CC(NC(=O)OCC1c2ccccc2-c2ccccc21)c1nc(C(=O)O)cs1. The quantitative estimate of drug-likeness (QED) is 0.668. The van der Waals surface area contributed by atoms with E-state index in [1.807, 2.05) is 24.3 Å². The lowest BCUT2D eigenvalue weighted by Crippen LogP contribution is -2.28. The molecule has 0 bridgehead atoms. The molecule has 3 aromatic rings. The van der Waals surface area contributed by atoms with Crippen LogP contribution in [0.3, 0.4) is 0 Å². The van der Waals surface area contributed by atoms with Gasteiger partial charge in [0.2, 0.25) is 0 Å². The van der Waals surface area contributed by atoms with Crippen molar-refractivity contribution < 1.29 is 19.4 Å². The van der Waals surface area contributed by atoms with Gasteiger partial charge >= 0.3 is 12.1 Å². The Morgan fingerprint density at radius 3 is 2.32 bits per heavy atom. The number of alkyl carbamates (subject to hydrolysis) is 1. The Balaban J connectivity index is 1.43. The van der Waals surface area contributed by atoms with Crippen molar-refractivity contribution in [2.24, 2.45) is 0 Å². The van der Waals surface area contributed by atoms with Crippen molar-refractivity contribution in [2.45, 2.75) is 18.9 Å². The molecule has 2 aromatic carbocycles. The second kappa shape index (κ2) is 7.44. The van der Waals surface area contributed by atoms with Crippen LogP contribution in [-0.2, 0) is 4.74 Å². The van der Waals surface area contributed by atoms with Crippen LogP contribution in [0.1, 0.15) is 45.5 Å². The second-order valence-electron chi connectivity index (χ2n) is 6.57. The van der Waals surface area contributed by atoms with Crippen molar-refractivity contribution in [1.29, 1.82) is 0 Å². The first kappa shape index (κ1) is 18.2. The number of nitrogens with zero attached hydrogens (tertiary/aromatic N) is 1. The highest BCUT2D eigenvalue weighted by atomic mass is 32.1. The van der Waals surface area contributed by atoms with Gasteiger partial charge in [-0.2, -0.15) is 0 Å². The number of aromatic nitrogens is 1. The Labute approximate surface area is 165 Å². The number of carbonyl (C=O) groups is 2. The third kappa shape index (κ3) is 3.36. The van der Waals surface area contributed by atoms with Gasteiger partial charge in [0.25, 0.3) is 0 Å². The van der Waals surface area contributed by atoms with E-state index in [2.05, 4.69) is 34.6 Å². The molecule has 0 radical (unpaired) electrons. The number of fused-ring (bicyclic) bond motifs is 3. The van der Waals surface area contributed by atoms with Gasteiger partial charge < -0.3 is 15.2 Å². The smallest absolute Gasteiger partial charge is 0.407 e. The Morgan fingerprint density at radius 1 is 1.14 bits per heavy atom. The second-order valence-corrected chi connectivity index (χ2v) is 7.46. The summed E-state index contributed by atoms with van der Waals surface area (Å²) in [4.78, 5) is 27.2. The molecule has 2 N–H and O–H groups in total. The predicted octanol–water partition coefficient (Wildman–Crippen LogP) is 4.44. The molecule has 1 aliphatic carbocycles. The predicted molar refractivity (Wildman–Crippen MR) is 106 cm³/mol. The van der Waals surface area contributed by atoms with Gasteiger partial charge in [-0.3, -0.25) is 0 Å². The molecule has 0 aliphatic heterocycles. The van der Waals surface area contributed by atoms with Crippen LogP contribution in [0.15, 0.2) is 53.9 Å². The number of hydrogen-bond donors (Lipinski definition) is 2. The van der Waals surface area contributed by atoms with Crippen LogP contribution in [-0.4, -0.2) is 28.8 Å². The molecule has 1 unspecified atom stereocenters. The Morgan fingerprint density at radius 2 is 1.75 bits per heavy atom. The van der Waals surface area contributed by atoms with Gasteiger partial charge in [0, 0.05) is 11.3 Å². The highest BCUT2D eigenvalue weighted by molar-refractivity contribution is 7.09. The number of ether oxygens (including phenoxy) is 1. The van der Waals surface area contributed by atoms with Crippen LogP contribution in [0.5, 0.6) is 0 Å². The fourth-order valence-corrected chi connectivity index (χ4v) is 4.26. The molecule has 1 aliphatic rings. The van der Waals surface area contributed by atoms with Crippen molar-refractivity contribution >= 4 is 23.4 Å². The van der Waals surface area contributed by atoms with Crippen LogP contribution in [0, 0.1) is 0 Å². The first-order chi connectivity index (χ1) is 13.5. The fraction of sp³-hybridized carbons (Fsp3) is 0.190. The van der Waals surface area contributed by atoms with E-state index in [1.54, 1.807) is 6.92 Å². The zero-order valence-electron chi connectivity index (χ0n) is 15.1. The number of hydrogen-bond acceptors (Lipinski definition) is 5. The molecule has 1 atom stereocenters. The average molecular weight is 394 g/mol. The number of aromatic carboxylic acids is 1. The topological polar surface area (TPSA) is 88.5 Å². The highest BCUT2D eigenvalue weighted by Gasteiger charge is 2.29. The van der Waals surface area contributed by atoms with E-state index in [-0.39, 0.29) is 18.2 Å². The largest absolute Gasteiger partial charge is 0.476 e. The van der Waals surface area contributed by atoms with Crippen molar-refractivity contribution in [1.82, 2.24) is 10.3 Å². The van der Waals surface area contributed by atoms with E-state index in [4.69, 9.17) is 9.84 Å². The molecule has 28 heavy (non-hydrogen) atoms. The number of rotatable bonds is 5. The lowest BCUT2D eigenvalue weighted by Gasteiger charge is -2.16. The molecular formula is C21H18N2O4S. The van der Waals surface area contributed by atoms with Gasteiger partial charge in [0.15, 0.2) is 5.69 Å². The highest BCUT2D eigenvalue weighted by Crippen LogP contribution is 2.44. The molecule has 0 saturated heterocycles. The molecule has 0 fully saturated rings. The van der Waals surface area contributed by atoms with E-state index in [9.17, 15) is 9.59 Å². The molecular weight excluding hydrogens is 376 g/mol. The summed E-state index contributed by atoms with van der Waals surface area (Å²) in [5, 5.41) is 13.6. The molecule has 4 rings (SSSR count). The number of carboxylic acid groups (broad SMARTS) is 1. The number of carbonyl (C=O) groups excluding carboxylic acids is 1. The standard InChI is InChI=1S/C21H18N2O4S/c1-12(19-23-18(11-28-19)20(24)25)22-21(26)27-10-17-15-8-4-2-6-13(15)14-7-3-5-9-16(14)17/h2-9,11-12,17H,10H2,1H3,(H,22,26)(H,24,25). The lowest BCUT2D eigenvalue weighted by molar-refractivity contribution is 0.0691. The molecule has 1 amide bonds. The zero-order valence-corrected chi connectivity index (χ0v) is 15.9. The van der Waals surface area contributed by atoms with Crippen molar-refractivity contribution in [3.05, 3.63) is 75.7 Å². The number of amides is 1. The van der Waals surface area contributed by atoms with Gasteiger partial charge in [-0.1, -0.05) is 48.5 Å². The minimum atomic E-state index is -1.09. The third-order valence-electron chi connectivity index (χ3n) is 4.79. The van der Waals surface area contributed by atoms with E-state index in [0.29, 0.717) is 5.01 Å². The summed E-state index contributed by atoms with van der Waals surface area (Å²) < 4.78 is 5.50. The fourth-order valence-electron chi connectivity index (χ4n) is 3.46. The summed E-state index contributed by atoms with van der Waals surface area (Å²) in [5.74, 6) is -1.09. The third-order valence-corrected chi connectivity index (χ3v) is 5.82. The first-order valence-electron chi connectivity index (χ1n) is 8.85. The zero-order chi connectivity index (χ0) is 19.7. The Kier molecular flexibility index (Phi) is 4.83. The maximum absolute atomic E-state index is 12.3. The summed E-state index contributed by atoms with van der Waals surface area (Å²) in [6.45, 7) is 1.97. The van der Waals surface area contributed by atoms with E-state index in [0.717, 1.165) is 11.1 Å². The summed E-state index contributed by atoms with van der Waals surface area (Å²) in [6, 6.07) is 15.8. The van der Waals surface area contributed by atoms with E-state index in [1.165, 1.54) is 27.8 Å². The first-order valence-corrected chi connectivity index (χ1v) is 9.73. The van der Waals surface area contributed by atoms with Crippen LogP contribution in [0.4, 0.5) is 4.79 Å². The summed E-state index contributed by atoms with van der Waals surface area (Å²) >= 11 is 1.19. The summed E-state index contributed by atoms with van der Waals surface area (Å²) in [5.41, 5.74) is 4.61. The maximum atomic E-state index is 12.3. The Bertz CT molecular complexity index is 1000. The average Bonchev–Trinajstić information content (AvgIpc) is 3.30. The number of nitrogens with one attached hydrogen (secondary N) is 1. The molecule has 7 heteroatoms. The summed E-state index contributed by atoms with van der Waals surface area (Å²) in [6.07, 6.45) is -0.554. The molecule has 1 heterocycles. The molecule has 0 spiro atoms. The van der Waals surface area contributed by atoms with Crippen LogP contribution < -0.4 is 5.32 Å². The lowest BCUT2D eigenvalue weighted by atomic mass is 9.98. The van der Waals surface area contributed by atoms with E-state index >= 15 is 0 Å². The van der Waals surface area contributed by atoms with E-state index < -0.39 is 18.1 Å². The normalized spacial score (nSPS) is 13.5. The monoisotopic (exact) mass is 394 g/mol. The summed E-state index contributed by atoms with van der Waals surface area (Å²) in [7, 11) is 0. The van der Waals surface area contributed by atoms with Gasteiger partial charge in [-0.05, 0) is 29.2 Å². The van der Waals surface area contributed by atoms with Crippen LogP contribution in [0.2, 0.25) is 0 Å². The minimum Gasteiger partial charge on any atom is -0.476 e. The molecule has 142 valence electrons. The van der Waals surface area contributed by atoms with Gasteiger partial charge in [0.1, 0.15) is 11.6 Å². The maximum Gasteiger partial charge on any atom is 0.407 e. The van der Waals surface area contributed by atoms with Gasteiger partial charge in [0.05, 0.1) is 6.04 Å². The van der Waals surface area contributed by atoms with Crippen molar-refractivity contribution in [3.63, 3.8) is 0 Å². The molecule has 6 nitrogen and oxygen atoms in total. The van der Waals surface area contributed by atoms with Crippen molar-refractivity contribution in [2.75, 3.05) is 6.61 Å². The van der Waals surface area contributed by atoms with Crippen LogP contribution >= 0.6 is 11.3 Å². The number of carboxylic acids is 1. The minimum absolute atomic E-state index is 0.00747. The van der Waals surface area contributed by atoms with Crippen molar-refractivity contribution in [3.8, 4) is 11.1 Å². The molecule has 0 saturated carbocycles. The molecule has 1 aromatic heterocycles. The van der Waals surface area contributed by atoms with Gasteiger partial charge in [-0.25, -0.2) is 14.6 Å². The number of thiazole rings is 1. The Hall–Kier alpha value is -3.19. The van der Waals surface area contributed by atoms with Crippen LogP contribution in [0.25, 0.3) is 11.1 Å².